The molecule has 0 N–H and O–H groups in total. The number of piperidine rings is 1. The number of hydrogen-bond donors (Lipinski definition) is 0. The third-order valence-electron chi connectivity index (χ3n) is 8.28. The molecule has 0 bridgehead atoms. The lowest BCUT2D eigenvalue weighted by atomic mass is 9.99. The molecule has 1 saturated heterocycles. The van der Waals surface area contributed by atoms with Crippen LogP contribution in [0, 0.1) is 13.8 Å². The molecule has 2 amide bonds. The number of aromatic nitrogens is 2. The van der Waals surface area contributed by atoms with E-state index in [1.807, 2.05) is 74.9 Å². The van der Waals surface area contributed by atoms with E-state index in [4.69, 9.17) is 11.6 Å². The van der Waals surface area contributed by atoms with Crippen LogP contribution in [0.15, 0.2) is 48.5 Å². The number of halogens is 1. The van der Waals surface area contributed by atoms with E-state index in [0.29, 0.717) is 16.1 Å². The minimum absolute atomic E-state index is 0.0191. The molecule has 3 aromatic rings. The van der Waals surface area contributed by atoms with Gasteiger partial charge in [0.1, 0.15) is 11.6 Å². The van der Waals surface area contributed by atoms with Crippen LogP contribution >= 0.6 is 11.6 Å². The molecule has 1 fully saturated rings. The molecule has 210 valence electrons. The molecule has 2 aromatic carbocycles. The second-order valence-electron chi connectivity index (χ2n) is 11.3. The van der Waals surface area contributed by atoms with Gasteiger partial charge in [0.15, 0.2) is 0 Å². The Morgan fingerprint density at radius 3 is 2.38 bits per heavy atom. The summed E-state index contributed by atoms with van der Waals surface area (Å²) in [7, 11) is 1.91. The third kappa shape index (κ3) is 5.57. The van der Waals surface area contributed by atoms with Crippen molar-refractivity contribution in [3.63, 3.8) is 0 Å². The zero-order valence-corrected chi connectivity index (χ0v) is 24.8. The molecule has 2 aliphatic rings. The van der Waals surface area contributed by atoms with Crippen molar-refractivity contribution >= 4 is 29.2 Å². The van der Waals surface area contributed by atoms with Gasteiger partial charge in [0.25, 0.3) is 11.8 Å². The standard InChI is InChI=1S/C32H38ClN5O2/c1-20(2)38(32(40)26-8-6-7-9-28(26)33)29-13-12-23-10-11-24(19-27(23)29)31(39)36(5)25-14-16-37(17-15-25)30-18-21(3)34-22(4)35-30/h6-11,18-20,25,29H,12-17H2,1-5H3/t29-/m1/s1. The highest BCUT2D eigenvalue weighted by Gasteiger charge is 2.35. The predicted octanol–water partition coefficient (Wildman–Crippen LogP) is 6.03. The van der Waals surface area contributed by atoms with Crippen molar-refractivity contribution in [2.24, 2.45) is 0 Å². The zero-order chi connectivity index (χ0) is 28.6. The largest absolute Gasteiger partial charge is 0.356 e. The van der Waals surface area contributed by atoms with Gasteiger partial charge in [-0.15, -0.1) is 0 Å². The molecule has 7 nitrogen and oxygen atoms in total. The van der Waals surface area contributed by atoms with E-state index in [1.54, 1.807) is 12.1 Å². The highest BCUT2D eigenvalue weighted by molar-refractivity contribution is 6.33. The fourth-order valence-corrected chi connectivity index (χ4v) is 6.44. The monoisotopic (exact) mass is 559 g/mol. The van der Waals surface area contributed by atoms with E-state index in [9.17, 15) is 9.59 Å². The number of anilines is 1. The maximum absolute atomic E-state index is 13.7. The topological polar surface area (TPSA) is 69.6 Å². The molecular weight excluding hydrogens is 522 g/mol. The van der Waals surface area contributed by atoms with E-state index in [-0.39, 0.29) is 29.9 Å². The molecule has 0 radical (unpaired) electrons. The molecule has 1 aromatic heterocycles. The summed E-state index contributed by atoms with van der Waals surface area (Å²) in [6.45, 7) is 9.67. The average Bonchev–Trinajstić information content (AvgIpc) is 3.34. The van der Waals surface area contributed by atoms with Gasteiger partial charge in [-0.2, -0.15) is 0 Å². The van der Waals surface area contributed by atoms with Crippen molar-refractivity contribution < 1.29 is 9.59 Å². The van der Waals surface area contributed by atoms with Crippen molar-refractivity contribution in [3.05, 3.63) is 87.3 Å². The maximum Gasteiger partial charge on any atom is 0.256 e. The SMILES string of the molecule is Cc1cc(N2CCC(N(C)C(=O)c3ccc4c(c3)[C@H](N(C(=O)c3ccccc3Cl)C(C)C)CC4)CC2)nc(C)n1. The second-order valence-corrected chi connectivity index (χ2v) is 11.7. The summed E-state index contributed by atoms with van der Waals surface area (Å²) >= 11 is 6.40. The lowest BCUT2D eigenvalue weighted by Gasteiger charge is -2.37. The van der Waals surface area contributed by atoms with Gasteiger partial charge < -0.3 is 14.7 Å². The highest BCUT2D eigenvalue weighted by Crippen LogP contribution is 2.39. The van der Waals surface area contributed by atoms with Crippen molar-refractivity contribution in [1.29, 1.82) is 0 Å². The van der Waals surface area contributed by atoms with Crippen molar-refractivity contribution in [3.8, 4) is 0 Å². The number of rotatable bonds is 6. The maximum atomic E-state index is 13.7. The summed E-state index contributed by atoms with van der Waals surface area (Å²) in [4.78, 5) is 42.5. The van der Waals surface area contributed by atoms with Gasteiger partial charge >= 0.3 is 0 Å². The van der Waals surface area contributed by atoms with Crippen LogP contribution in [0.2, 0.25) is 5.02 Å². The van der Waals surface area contributed by atoms with Gasteiger partial charge in [-0.05, 0) is 88.8 Å². The molecule has 0 unspecified atom stereocenters. The Morgan fingerprint density at radius 2 is 1.70 bits per heavy atom. The van der Waals surface area contributed by atoms with E-state index in [1.165, 1.54) is 5.56 Å². The van der Waals surface area contributed by atoms with Crippen molar-refractivity contribution in [1.82, 2.24) is 19.8 Å². The minimum atomic E-state index is -0.0974. The van der Waals surface area contributed by atoms with Crippen LogP contribution in [0.3, 0.4) is 0 Å². The van der Waals surface area contributed by atoms with Gasteiger partial charge in [0.05, 0.1) is 16.6 Å². The number of amides is 2. The van der Waals surface area contributed by atoms with Crippen molar-refractivity contribution in [2.75, 3.05) is 25.0 Å². The Hall–Kier alpha value is -3.45. The van der Waals surface area contributed by atoms with E-state index in [2.05, 4.69) is 20.9 Å². The van der Waals surface area contributed by atoms with Crippen LogP contribution in [0.25, 0.3) is 0 Å². The van der Waals surface area contributed by atoms with Crippen LogP contribution in [-0.2, 0) is 6.42 Å². The van der Waals surface area contributed by atoms with E-state index >= 15 is 0 Å². The molecule has 8 heteroatoms. The average molecular weight is 560 g/mol. The Labute approximate surface area is 242 Å². The molecule has 5 rings (SSSR count). The van der Waals surface area contributed by atoms with Crippen LogP contribution in [0.1, 0.15) is 82.5 Å². The molecule has 0 saturated carbocycles. The first-order valence-electron chi connectivity index (χ1n) is 14.2. The number of aryl methyl sites for hydroxylation is 3. The van der Waals surface area contributed by atoms with E-state index in [0.717, 1.165) is 61.7 Å². The van der Waals surface area contributed by atoms with Gasteiger partial charge in [0.2, 0.25) is 0 Å². The van der Waals surface area contributed by atoms with Gasteiger partial charge in [-0.1, -0.05) is 29.8 Å². The first-order valence-corrected chi connectivity index (χ1v) is 14.6. The van der Waals surface area contributed by atoms with Gasteiger partial charge in [-0.3, -0.25) is 9.59 Å². The number of carbonyl (C=O) groups is 2. The Balaban J connectivity index is 1.31. The number of nitrogens with zero attached hydrogens (tertiary/aromatic N) is 5. The number of carbonyl (C=O) groups excluding carboxylic acids is 2. The quantitative estimate of drug-likeness (QED) is 0.369. The summed E-state index contributed by atoms with van der Waals surface area (Å²) in [6.07, 6.45) is 3.47. The van der Waals surface area contributed by atoms with Crippen molar-refractivity contribution in [2.45, 2.75) is 71.5 Å². The summed E-state index contributed by atoms with van der Waals surface area (Å²) in [5.74, 6) is 1.69. The Bertz CT molecular complexity index is 1400. The van der Waals surface area contributed by atoms with Gasteiger partial charge in [0, 0.05) is 49.5 Å². The smallest absolute Gasteiger partial charge is 0.256 e. The van der Waals surface area contributed by atoms with Gasteiger partial charge in [-0.25, -0.2) is 9.97 Å². The minimum Gasteiger partial charge on any atom is -0.356 e. The first kappa shape index (κ1) is 28.1. The lowest BCUT2D eigenvalue weighted by molar-refractivity contribution is 0.0606. The van der Waals surface area contributed by atoms with E-state index < -0.39 is 0 Å². The predicted molar refractivity (Wildman–Crippen MR) is 159 cm³/mol. The third-order valence-corrected chi connectivity index (χ3v) is 8.61. The second kappa shape index (κ2) is 11.6. The van der Waals surface area contributed by atoms with Crippen LogP contribution in [0.5, 0.6) is 0 Å². The molecule has 1 aliphatic heterocycles. The molecule has 40 heavy (non-hydrogen) atoms. The first-order chi connectivity index (χ1) is 19.1. The van der Waals surface area contributed by atoms with Crippen LogP contribution in [0.4, 0.5) is 5.82 Å². The summed E-state index contributed by atoms with van der Waals surface area (Å²) in [6, 6.07) is 15.3. The molecule has 1 atom stereocenters. The molecule has 1 aliphatic carbocycles. The number of benzene rings is 2. The van der Waals surface area contributed by atoms with Crippen LogP contribution in [-0.4, -0.2) is 63.8 Å². The zero-order valence-electron chi connectivity index (χ0n) is 24.0. The van der Waals surface area contributed by atoms with Crippen LogP contribution < -0.4 is 4.90 Å². The Kier molecular flexibility index (Phi) is 8.13. The summed E-state index contributed by atoms with van der Waals surface area (Å²) in [5, 5.41) is 0.456. The molecule has 2 heterocycles. The summed E-state index contributed by atoms with van der Waals surface area (Å²) < 4.78 is 0. The Morgan fingerprint density at radius 1 is 0.975 bits per heavy atom. The summed E-state index contributed by atoms with van der Waals surface area (Å²) in [5.41, 5.74) is 4.42. The fourth-order valence-electron chi connectivity index (χ4n) is 6.22. The lowest BCUT2D eigenvalue weighted by Crippen LogP contribution is -2.46. The number of hydrogen-bond acceptors (Lipinski definition) is 5. The molecular formula is C32H38ClN5O2. The molecule has 0 spiro atoms. The highest BCUT2D eigenvalue weighted by atomic mass is 35.5. The normalized spacial score (nSPS) is 17.2. The number of fused-ring (bicyclic) bond motifs is 1. The fraction of sp³-hybridized carbons (Fsp3) is 0.438.